The Bertz CT molecular complexity index is 800. The Hall–Kier alpha value is -2.18. The van der Waals surface area contributed by atoms with E-state index in [9.17, 15) is 5.11 Å². The molecule has 1 aliphatic heterocycles. The summed E-state index contributed by atoms with van der Waals surface area (Å²) in [5.74, 6) is 0. The first-order valence-corrected chi connectivity index (χ1v) is 8.08. The van der Waals surface area contributed by atoms with Gasteiger partial charge in [-0.25, -0.2) is 4.68 Å². The highest BCUT2D eigenvalue weighted by Crippen LogP contribution is 2.20. The molecule has 0 atom stereocenters. The predicted molar refractivity (Wildman–Crippen MR) is 88.1 cm³/mol. The van der Waals surface area contributed by atoms with E-state index in [1.807, 2.05) is 18.3 Å². The molecule has 0 saturated carbocycles. The van der Waals surface area contributed by atoms with Crippen LogP contribution in [0.1, 0.15) is 18.5 Å². The summed E-state index contributed by atoms with van der Waals surface area (Å²) in [7, 11) is 0. The second-order valence-corrected chi connectivity index (χ2v) is 6.38. The standard InChI is InChI=1S/C17H21N5O/c23-17(6-8-18-9-7-17)13-22-12-15(19-20-22)11-21-10-5-14-3-1-2-4-16(14)21/h1-5,10,12,18,23H,6-9,11,13H2. The Morgan fingerprint density at radius 2 is 2.00 bits per heavy atom. The fourth-order valence-electron chi connectivity index (χ4n) is 3.29. The van der Waals surface area contributed by atoms with Gasteiger partial charge >= 0.3 is 0 Å². The van der Waals surface area contributed by atoms with Gasteiger partial charge in [0.1, 0.15) is 5.69 Å². The van der Waals surface area contributed by atoms with E-state index in [4.69, 9.17) is 0 Å². The molecule has 1 saturated heterocycles. The largest absolute Gasteiger partial charge is 0.388 e. The fourth-order valence-corrected chi connectivity index (χ4v) is 3.29. The molecule has 0 spiro atoms. The van der Waals surface area contributed by atoms with Crippen LogP contribution in [-0.4, -0.2) is 43.4 Å². The maximum atomic E-state index is 10.6. The zero-order valence-electron chi connectivity index (χ0n) is 13.0. The number of nitrogens with one attached hydrogen (secondary N) is 1. The van der Waals surface area contributed by atoms with Gasteiger partial charge < -0.3 is 15.0 Å². The zero-order valence-corrected chi connectivity index (χ0v) is 13.0. The Morgan fingerprint density at radius 1 is 1.17 bits per heavy atom. The van der Waals surface area contributed by atoms with Crippen molar-refractivity contribution in [3.05, 3.63) is 48.4 Å². The molecule has 1 aliphatic rings. The van der Waals surface area contributed by atoms with Gasteiger partial charge in [0.25, 0.3) is 0 Å². The van der Waals surface area contributed by atoms with E-state index in [0.717, 1.165) is 31.6 Å². The molecule has 6 nitrogen and oxygen atoms in total. The van der Waals surface area contributed by atoms with Crippen LogP contribution >= 0.6 is 0 Å². The van der Waals surface area contributed by atoms with E-state index in [-0.39, 0.29) is 0 Å². The van der Waals surface area contributed by atoms with Gasteiger partial charge in [0.2, 0.25) is 0 Å². The number of piperidine rings is 1. The molecule has 2 N–H and O–H groups in total. The minimum atomic E-state index is -0.670. The van der Waals surface area contributed by atoms with Gasteiger partial charge in [-0.1, -0.05) is 23.4 Å². The number of hydrogen-bond acceptors (Lipinski definition) is 4. The molecule has 23 heavy (non-hydrogen) atoms. The van der Waals surface area contributed by atoms with Gasteiger partial charge in [-0.3, -0.25) is 0 Å². The van der Waals surface area contributed by atoms with Gasteiger partial charge in [-0.15, -0.1) is 5.10 Å². The predicted octanol–water partition coefficient (Wildman–Crippen LogP) is 1.40. The molecule has 0 amide bonds. The normalized spacial score (nSPS) is 17.6. The SMILES string of the molecule is OC1(Cn2cc(Cn3ccc4ccccc43)nn2)CCNCC1. The van der Waals surface area contributed by atoms with Crippen molar-refractivity contribution in [1.82, 2.24) is 24.9 Å². The van der Waals surface area contributed by atoms with E-state index < -0.39 is 5.60 Å². The van der Waals surface area contributed by atoms with Crippen molar-refractivity contribution in [1.29, 1.82) is 0 Å². The van der Waals surface area contributed by atoms with Gasteiger partial charge in [0.15, 0.2) is 0 Å². The van der Waals surface area contributed by atoms with Crippen LogP contribution in [0.2, 0.25) is 0 Å². The Kier molecular flexibility index (Phi) is 3.63. The first kappa shape index (κ1) is 14.4. The lowest BCUT2D eigenvalue weighted by Gasteiger charge is -2.32. The van der Waals surface area contributed by atoms with Crippen LogP contribution in [-0.2, 0) is 13.1 Å². The Labute approximate surface area is 134 Å². The highest BCUT2D eigenvalue weighted by atomic mass is 16.3. The third-order valence-electron chi connectivity index (χ3n) is 4.59. The number of para-hydroxylation sites is 1. The maximum Gasteiger partial charge on any atom is 0.102 e. The Balaban J connectivity index is 1.49. The molecule has 120 valence electrons. The van der Waals surface area contributed by atoms with Crippen molar-refractivity contribution in [2.45, 2.75) is 31.5 Å². The molecule has 4 rings (SSSR count). The molecule has 0 aliphatic carbocycles. The molecule has 0 radical (unpaired) electrons. The third-order valence-corrected chi connectivity index (χ3v) is 4.59. The lowest BCUT2D eigenvalue weighted by molar-refractivity contribution is -0.00865. The molecule has 2 aromatic heterocycles. The fraction of sp³-hybridized carbons (Fsp3) is 0.412. The molecule has 0 bridgehead atoms. The molecule has 3 aromatic rings. The smallest absolute Gasteiger partial charge is 0.102 e. The lowest BCUT2D eigenvalue weighted by atomic mass is 9.92. The molecule has 1 aromatic carbocycles. The van der Waals surface area contributed by atoms with Crippen LogP contribution in [0.3, 0.4) is 0 Å². The third kappa shape index (κ3) is 3.00. The summed E-state index contributed by atoms with van der Waals surface area (Å²) < 4.78 is 3.94. The topological polar surface area (TPSA) is 67.9 Å². The van der Waals surface area contributed by atoms with Crippen molar-refractivity contribution in [3.8, 4) is 0 Å². The van der Waals surface area contributed by atoms with Crippen LogP contribution in [0.4, 0.5) is 0 Å². The monoisotopic (exact) mass is 311 g/mol. The number of hydrogen-bond donors (Lipinski definition) is 2. The van der Waals surface area contributed by atoms with Gasteiger partial charge in [0.05, 0.1) is 24.9 Å². The molecule has 1 fully saturated rings. The van der Waals surface area contributed by atoms with E-state index in [1.54, 1.807) is 4.68 Å². The van der Waals surface area contributed by atoms with E-state index in [1.165, 1.54) is 10.9 Å². The highest BCUT2D eigenvalue weighted by Gasteiger charge is 2.30. The molecule has 6 heteroatoms. The van der Waals surface area contributed by atoms with Gasteiger partial charge in [-0.05, 0) is 43.5 Å². The summed E-state index contributed by atoms with van der Waals surface area (Å²) >= 11 is 0. The van der Waals surface area contributed by atoms with Crippen LogP contribution in [0, 0.1) is 0 Å². The summed E-state index contributed by atoms with van der Waals surface area (Å²) in [5, 5.41) is 23.5. The summed E-state index contributed by atoms with van der Waals surface area (Å²) in [6.45, 7) is 2.91. The average molecular weight is 311 g/mol. The summed E-state index contributed by atoms with van der Waals surface area (Å²) in [4.78, 5) is 0. The van der Waals surface area contributed by atoms with Crippen molar-refractivity contribution >= 4 is 10.9 Å². The number of rotatable bonds is 4. The van der Waals surface area contributed by atoms with Crippen LogP contribution in [0.5, 0.6) is 0 Å². The number of nitrogens with zero attached hydrogens (tertiary/aromatic N) is 4. The molecule has 3 heterocycles. The van der Waals surface area contributed by atoms with Crippen molar-refractivity contribution in [2.24, 2.45) is 0 Å². The van der Waals surface area contributed by atoms with Gasteiger partial charge in [0, 0.05) is 11.7 Å². The highest BCUT2D eigenvalue weighted by molar-refractivity contribution is 5.79. The number of aromatic nitrogens is 4. The first-order chi connectivity index (χ1) is 11.2. The second kappa shape index (κ2) is 5.79. The van der Waals surface area contributed by atoms with Crippen LogP contribution < -0.4 is 5.32 Å². The quantitative estimate of drug-likeness (QED) is 0.764. The number of fused-ring (bicyclic) bond motifs is 1. The lowest BCUT2D eigenvalue weighted by Crippen LogP contribution is -2.44. The summed E-state index contributed by atoms with van der Waals surface area (Å²) in [6, 6.07) is 10.4. The van der Waals surface area contributed by atoms with E-state index in [0.29, 0.717) is 13.1 Å². The van der Waals surface area contributed by atoms with E-state index >= 15 is 0 Å². The van der Waals surface area contributed by atoms with Gasteiger partial charge in [-0.2, -0.15) is 0 Å². The van der Waals surface area contributed by atoms with Crippen LogP contribution in [0.25, 0.3) is 10.9 Å². The zero-order chi connectivity index (χ0) is 15.7. The van der Waals surface area contributed by atoms with E-state index in [2.05, 4.69) is 44.6 Å². The van der Waals surface area contributed by atoms with Crippen molar-refractivity contribution in [3.63, 3.8) is 0 Å². The minimum Gasteiger partial charge on any atom is -0.388 e. The number of aliphatic hydroxyl groups is 1. The van der Waals surface area contributed by atoms with Crippen molar-refractivity contribution < 1.29 is 5.11 Å². The van der Waals surface area contributed by atoms with Crippen LogP contribution in [0.15, 0.2) is 42.7 Å². The molecular formula is C17H21N5O. The maximum absolute atomic E-state index is 10.6. The Morgan fingerprint density at radius 3 is 2.87 bits per heavy atom. The average Bonchev–Trinajstić information content (AvgIpc) is 3.16. The summed E-state index contributed by atoms with van der Waals surface area (Å²) in [6.07, 6.45) is 5.52. The second-order valence-electron chi connectivity index (χ2n) is 6.38. The first-order valence-electron chi connectivity index (χ1n) is 8.08. The van der Waals surface area contributed by atoms with Crippen molar-refractivity contribution in [2.75, 3.05) is 13.1 Å². The number of benzene rings is 1. The summed E-state index contributed by atoms with van der Waals surface area (Å²) in [5.41, 5.74) is 1.43. The molecular weight excluding hydrogens is 290 g/mol. The minimum absolute atomic E-state index is 0.508. The molecule has 0 unspecified atom stereocenters.